The number of ether oxygens (including phenoxy) is 10. The number of rotatable bonds is 10. The third-order valence-electron chi connectivity index (χ3n) is 13.7. The van der Waals surface area contributed by atoms with E-state index in [4.69, 9.17) is 57.6 Å². The molecule has 0 amide bonds. The molecule has 4 unspecified atom stereocenters. The first kappa shape index (κ1) is 55.8. The van der Waals surface area contributed by atoms with Crippen LogP contribution in [0.4, 0.5) is 0 Å². The monoisotopic (exact) mass is 921 g/mol. The van der Waals surface area contributed by atoms with E-state index in [0.29, 0.717) is 6.42 Å². The van der Waals surface area contributed by atoms with Crippen LogP contribution in [0.2, 0.25) is 0 Å². The fourth-order valence-corrected chi connectivity index (χ4v) is 10.4. The van der Waals surface area contributed by atoms with Gasteiger partial charge in [-0.2, -0.15) is 0 Å². The second kappa shape index (κ2) is 24.5. The van der Waals surface area contributed by atoms with Crippen LogP contribution in [0.5, 0.6) is 0 Å². The molecule has 4 heterocycles. The van der Waals surface area contributed by atoms with Crippen LogP contribution in [0, 0.1) is 47.3 Å². The molecule has 6 fully saturated rings. The van der Waals surface area contributed by atoms with E-state index in [1.54, 1.807) is 6.92 Å². The maximum absolute atomic E-state index is 11.8. The van der Waals surface area contributed by atoms with Crippen molar-refractivity contribution in [3.63, 3.8) is 0 Å². The number of hydrogen-bond donors (Lipinski definition) is 4. The number of aliphatic hydroxyl groups excluding tert-OH is 4. The van der Waals surface area contributed by atoms with Crippen LogP contribution < -0.4 is 0 Å². The number of carbonyl (C=O) groups is 4. The van der Waals surface area contributed by atoms with Gasteiger partial charge in [0.2, 0.25) is 0 Å². The maximum atomic E-state index is 11.8. The predicted octanol–water partition coefficient (Wildman–Crippen LogP) is 4.03. The molecule has 2 saturated carbocycles. The van der Waals surface area contributed by atoms with E-state index in [2.05, 4.69) is 6.92 Å². The van der Waals surface area contributed by atoms with Gasteiger partial charge < -0.3 is 67.8 Å². The Morgan fingerprint density at radius 1 is 0.453 bits per heavy atom. The molecule has 4 N–H and O–H groups in total. The van der Waals surface area contributed by atoms with Gasteiger partial charge >= 0.3 is 23.9 Å². The van der Waals surface area contributed by atoms with Crippen molar-refractivity contribution < 1.29 is 87.0 Å². The molecule has 18 heteroatoms. The Hall–Kier alpha value is -2.52. The minimum absolute atomic E-state index is 0.00414. The molecule has 0 aromatic rings. The number of methoxy groups -OCH3 is 4. The summed E-state index contributed by atoms with van der Waals surface area (Å²) in [5.74, 6) is -2.70. The highest BCUT2D eigenvalue weighted by molar-refractivity contribution is 5.84. The normalized spacial score (nSPS) is 40.1. The van der Waals surface area contributed by atoms with Gasteiger partial charge in [-0.05, 0) is 77.0 Å². The van der Waals surface area contributed by atoms with E-state index in [-0.39, 0.29) is 102 Å². The summed E-state index contributed by atoms with van der Waals surface area (Å²) < 4.78 is 53.7. The number of carbonyl (C=O) groups excluding carboxylic acids is 4. The highest BCUT2D eigenvalue weighted by Gasteiger charge is 2.60. The summed E-state index contributed by atoms with van der Waals surface area (Å²) in [6.07, 6.45) is 0.0418. The number of esters is 4. The first-order valence-corrected chi connectivity index (χ1v) is 23.1. The largest absolute Gasteiger partial charge is 0.469 e. The van der Waals surface area contributed by atoms with Crippen molar-refractivity contribution in [1.82, 2.24) is 0 Å². The van der Waals surface area contributed by atoms with Crippen LogP contribution >= 0.6 is 0 Å². The van der Waals surface area contributed by atoms with Crippen molar-refractivity contribution in [2.24, 2.45) is 47.3 Å². The standard InChI is InChI=1S/C13H22O5.2C13H22O4.C7H14O5/c1-6-7-8-9(16-12(2,3)15-8)10-11(14-7)18-13(4,5)17-10;2*1-5-8-7-9(6-2)11(13(15)17-4)10(8)12(14)16-3;1-2-3-4(8)5(9)6(10)7(11)12-3/h7-11H,6H2,1-5H3;2*8-11H,5-7H2,1-4H3;3-11H,2H2,1H3/t7-,8+,9+,10+,11+;2*8?,9?,10-,11-;3-,4+,5+,6+,7-/m1111/s1. The Morgan fingerprint density at radius 2 is 0.797 bits per heavy atom. The number of aliphatic hydroxyl groups is 4. The fourth-order valence-electron chi connectivity index (χ4n) is 10.4. The van der Waals surface area contributed by atoms with Crippen molar-refractivity contribution in [2.45, 2.75) is 194 Å². The molecule has 6 aliphatic rings. The van der Waals surface area contributed by atoms with Gasteiger partial charge in [-0.25, -0.2) is 0 Å². The molecular weight excluding hydrogens is 840 g/mol. The minimum Gasteiger partial charge on any atom is -0.469 e. The molecule has 6 rings (SSSR count). The van der Waals surface area contributed by atoms with Gasteiger partial charge in [0.25, 0.3) is 0 Å². The van der Waals surface area contributed by atoms with Crippen LogP contribution in [-0.2, 0) is 66.5 Å². The summed E-state index contributed by atoms with van der Waals surface area (Å²) in [6.45, 7) is 19.7. The Bertz CT molecular complexity index is 1370. The Balaban J connectivity index is 0.000000229. The fraction of sp³-hybridized carbons (Fsp3) is 0.913. The van der Waals surface area contributed by atoms with Gasteiger partial charge in [-0.3, -0.25) is 19.2 Å². The third-order valence-corrected chi connectivity index (χ3v) is 13.7. The summed E-state index contributed by atoms with van der Waals surface area (Å²) in [4.78, 5) is 47.4. The summed E-state index contributed by atoms with van der Waals surface area (Å²) in [5, 5.41) is 36.5. The molecule has 0 spiro atoms. The van der Waals surface area contributed by atoms with Crippen molar-refractivity contribution >= 4 is 23.9 Å². The first-order valence-electron chi connectivity index (χ1n) is 23.1. The molecule has 372 valence electrons. The van der Waals surface area contributed by atoms with Crippen LogP contribution in [0.25, 0.3) is 0 Å². The zero-order chi connectivity index (χ0) is 48.4. The third kappa shape index (κ3) is 12.9. The highest BCUT2D eigenvalue weighted by atomic mass is 16.9. The molecule has 64 heavy (non-hydrogen) atoms. The Labute approximate surface area is 379 Å². The van der Waals surface area contributed by atoms with E-state index in [1.165, 1.54) is 28.4 Å². The second-order valence-corrected chi connectivity index (χ2v) is 18.4. The molecule has 18 atom stereocenters. The van der Waals surface area contributed by atoms with E-state index in [1.807, 2.05) is 55.4 Å². The summed E-state index contributed by atoms with van der Waals surface area (Å²) in [5.41, 5.74) is 0. The van der Waals surface area contributed by atoms with Crippen LogP contribution in [-0.4, -0.2) is 146 Å². The van der Waals surface area contributed by atoms with Crippen molar-refractivity contribution in [1.29, 1.82) is 0 Å². The van der Waals surface area contributed by atoms with E-state index < -0.39 is 42.3 Å². The van der Waals surface area contributed by atoms with Crippen LogP contribution in [0.15, 0.2) is 0 Å². The summed E-state index contributed by atoms with van der Waals surface area (Å²) in [7, 11) is 5.51. The first-order chi connectivity index (χ1) is 30.1. The summed E-state index contributed by atoms with van der Waals surface area (Å²) >= 11 is 0. The molecule has 4 saturated heterocycles. The van der Waals surface area contributed by atoms with Gasteiger partial charge in [0, 0.05) is 0 Å². The SMILES string of the molecule is CCC1CC(CC)[C@@H](C(=O)OC)[C@@H]1C(=O)OC.CCC1CC(CC)[C@@H](C(=O)OC)[C@@H]1C(=O)OC.CC[C@H]1O[C@@H](O)[C@@H](O)[C@@H](O)[C@H]1O.CC[C@H]1O[C@H]2OC(C)(C)O[C@H]2[C@H]2OC(C)(C)O[C@H]21. The molecule has 0 radical (unpaired) electrons. The molecular formula is C46H80O18. The maximum Gasteiger partial charge on any atom is 0.309 e. The second-order valence-electron chi connectivity index (χ2n) is 18.4. The van der Waals surface area contributed by atoms with Crippen molar-refractivity contribution in [2.75, 3.05) is 28.4 Å². The highest BCUT2D eigenvalue weighted by Crippen LogP contribution is 2.48. The van der Waals surface area contributed by atoms with Crippen LogP contribution in [0.1, 0.15) is 121 Å². The topological polar surface area (TPSA) is 241 Å². The quantitative estimate of drug-likeness (QED) is 0.179. The molecule has 0 aromatic heterocycles. The number of hydrogen-bond acceptors (Lipinski definition) is 18. The van der Waals surface area contributed by atoms with Gasteiger partial charge in [0.05, 0.1) is 64.3 Å². The average molecular weight is 921 g/mol. The molecule has 4 aliphatic heterocycles. The van der Waals surface area contributed by atoms with Gasteiger partial charge in [-0.15, -0.1) is 0 Å². The molecule has 2 aliphatic carbocycles. The molecule has 18 nitrogen and oxygen atoms in total. The minimum atomic E-state index is -1.43. The lowest BCUT2D eigenvalue weighted by Gasteiger charge is -2.37. The lowest BCUT2D eigenvalue weighted by molar-refractivity contribution is -0.281. The molecule has 0 bridgehead atoms. The lowest BCUT2D eigenvalue weighted by Crippen LogP contribution is -2.57. The van der Waals surface area contributed by atoms with Crippen molar-refractivity contribution in [3.05, 3.63) is 0 Å². The Morgan fingerprint density at radius 3 is 1.14 bits per heavy atom. The van der Waals surface area contributed by atoms with E-state index in [0.717, 1.165) is 44.9 Å². The van der Waals surface area contributed by atoms with Crippen LogP contribution in [0.3, 0.4) is 0 Å². The lowest BCUT2D eigenvalue weighted by atomic mass is 9.85. The zero-order valence-corrected chi connectivity index (χ0v) is 40.6. The van der Waals surface area contributed by atoms with Gasteiger partial charge in [0.15, 0.2) is 24.2 Å². The van der Waals surface area contributed by atoms with Gasteiger partial charge in [-0.1, -0.05) is 67.2 Å². The van der Waals surface area contributed by atoms with E-state index in [9.17, 15) is 29.4 Å². The predicted molar refractivity (Wildman–Crippen MR) is 228 cm³/mol. The Kier molecular flexibility index (Phi) is 21.4. The average Bonchev–Trinajstić information content (AvgIpc) is 4.04. The van der Waals surface area contributed by atoms with E-state index >= 15 is 0 Å². The van der Waals surface area contributed by atoms with Crippen molar-refractivity contribution in [3.8, 4) is 0 Å². The smallest absolute Gasteiger partial charge is 0.309 e. The summed E-state index contributed by atoms with van der Waals surface area (Å²) in [6, 6.07) is 0. The zero-order valence-electron chi connectivity index (χ0n) is 40.6. The van der Waals surface area contributed by atoms with Gasteiger partial charge in [0.1, 0.15) is 36.6 Å². The molecule has 0 aromatic carbocycles. The number of fused-ring (bicyclic) bond motifs is 3.